The molecule has 6 nitrogen and oxygen atoms in total. The molecule has 5 heterocycles. The molecule has 0 aliphatic heterocycles. The Balaban J connectivity index is 0.799. The summed E-state index contributed by atoms with van der Waals surface area (Å²) in [6, 6.07) is 114. The Bertz CT molecular complexity index is 5440. The maximum absolute atomic E-state index is 5.56. The largest absolute Gasteiger partial charge is 0.309 e. The molecule has 0 fully saturated rings. The van der Waals surface area contributed by atoms with Gasteiger partial charge in [-0.25, -0.2) is 9.97 Å². The summed E-state index contributed by atoms with van der Waals surface area (Å²) in [5.74, 6) is 0.661. The molecule has 0 spiro atoms. The quantitative estimate of drug-likeness (QED) is 0.145. The number of hydrogen-bond acceptors (Lipinski definition) is 2. The third kappa shape index (κ3) is 7.89. The van der Waals surface area contributed by atoms with Crippen molar-refractivity contribution in [3.63, 3.8) is 0 Å². The Morgan fingerprint density at radius 1 is 0.170 bits per heavy atom. The van der Waals surface area contributed by atoms with Gasteiger partial charge in [0.1, 0.15) is 0 Å². The molecule has 0 aliphatic carbocycles. The molecule has 18 aromatic rings. The molecule has 88 heavy (non-hydrogen) atoms. The fourth-order valence-corrected chi connectivity index (χ4v) is 13.9. The lowest BCUT2D eigenvalue weighted by atomic mass is 9.99. The number of aromatic nitrogens is 6. The van der Waals surface area contributed by atoms with Crippen molar-refractivity contribution in [2.24, 2.45) is 0 Å². The van der Waals surface area contributed by atoms with E-state index in [1.54, 1.807) is 0 Å². The fourth-order valence-electron chi connectivity index (χ4n) is 13.9. The standard InChI is InChI=1S/C82H52N6/c1-6-20-53(21-7-1)72-52-73(58-38-44-80-70(50-58)68-48-56(36-42-78(68)87(80)62-26-12-4-13-27-62)54-34-40-76-66(46-54)64-30-16-18-32-74(64)85(76)60-22-8-2-9-23-60)84-82(83-72)59-39-45-81-71(51-59)69-49-57(37-43-79(69)88(81)63-28-14-5-15-29-63)55-35-41-77-67(47-55)65-31-17-19-33-75(65)86(77)61-24-10-3-11-25-61/h1-52H. The molecule has 0 unspecified atom stereocenters. The van der Waals surface area contributed by atoms with Crippen LogP contribution in [0.1, 0.15) is 0 Å². The predicted molar refractivity (Wildman–Crippen MR) is 367 cm³/mol. The highest BCUT2D eigenvalue weighted by Gasteiger charge is 2.21. The number of nitrogens with zero attached hydrogens (tertiary/aromatic N) is 6. The van der Waals surface area contributed by atoms with E-state index in [0.29, 0.717) is 5.82 Å². The molecule has 5 aromatic heterocycles. The highest BCUT2D eigenvalue weighted by Crippen LogP contribution is 2.43. The minimum Gasteiger partial charge on any atom is -0.309 e. The molecule has 0 radical (unpaired) electrons. The number of para-hydroxylation sites is 6. The summed E-state index contributed by atoms with van der Waals surface area (Å²) < 4.78 is 9.53. The first kappa shape index (κ1) is 49.6. The van der Waals surface area contributed by atoms with Gasteiger partial charge < -0.3 is 18.3 Å². The molecule has 410 valence electrons. The van der Waals surface area contributed by atoms with Gasteiger partial charge in [0.2, 0.25) is 0 Å². The summed E-state index contributed by atoms with van der Waals surface area (Å²) in [6.45, 7) is 0. The van der Waals surface area contributed by atoms with Crippen LogP contribution in [0.5, 0.6) is 0 Å². The van der Waals surface area contributed by atoms with Gasteiger partial charge in [-0.05, 0) is 168 Å². The molecule has 6 heteroatoms. The average Bonchev–Trinajstić information content (AvgIpc) is 2.45. The first-order chi connectivity index (χ1) is 43.6. The zero-order valence-corrected chi connectivity index (χ0v) is 47.7. The summed E-state index contributed by atoms with van der Waals surface area (Å²) in [5, 5.41) is 9.51. The topological polar surface area (TPSA) is 45.5 Å². The first-order valence-corrected chi connectivity index (χ1v) is 30.0. The van der Waals surface area contributed by atoms with E-state index in [4.69, 9.17) is 9.97 Å². The van der Waals surface area contributed by atoms with Gasteiger partial charge >= 0.3 is 0 Å². The third-order valence-electron chi connectivity index (χ3n) is 17.9. The molecule has 0 saturated carbocycles. The van der Waals surface area contributed by atoms with Crippen LogP contribution in [-0.2, 0) is 0 Å². The van der Waals surface area contributed by atoms with Crippen molar-refractivity contribution in [1.82, 2.24) is 28.2 Å². The summed E-state index contributed by atoms with van der Waals surface area (Å²) in [4.78, 5) is 11.0. The van der Waals surface area contributed by atoms with Crippen LogP contribution in [0.4, 0.5) is 0 Å². The van der Waals surface area contributed by atoms with E-state index in [9.17, 15) is 0 Å². The van der Waals surface area contributed by atoms with Crippen molar-refractivity contribution < 1.29 is 0 Å². The van der Waals surface area contributed by atoms with Crippen molar-refractivity contribution in [2.75, 3.05) is 0 Å². The molecular weight excluding hydrogens is 1070 g/mol. The zero-order valence-electron chi connectivity index (χ0n) is 47.7. The minimum atomic E-state index is 0.661. The van der Waals surface area contributed by atoms with Crippen LogP contribution in [0.2, 0.25) is 0 Å². The van der Waals surface area contributed by atoms with Crippen molar-refractivity contribution >= 4 is 87.2 Å². The van der Waals surface area contributed by atoms with Crippen molar-refractivity contribution in [3.05, 3.63) is 315 Å². The Morgan fingerprint density at radius 2 is 0.420 bits per heavy atom. The Kier molecular flexibility index (Phi) is 11.2. The van der Waals surface area contributed by atoms with Crippen LogP contribution >= 0.6 is 0 Å². The van der Waals surface area contributed by atoms with E-state index < -0.39 is 0 Å². The van der Waals surface area contributed by atoms with Crippen LogP contribution < -0.4 is 0 Å². The second-order valence-electron chi connectivity index (χ2n) is 22.9. The first-order valence-electron chi connectivity index (χ1n) is 30.0. The highest BCUT2D eigenvalue weighted by atomic mass is 15.0. The Labute approximate surface area is 507 Å². The van der Waals surface area contributed by atoms with Crippen LogP contribution in [-0.4, -0.2) is 28.2 Å². The lowest BCUT2D eigenvalue weighted by Crippen LogP contribution is -1.97. The van der Waals surface area contributed by atoms with Crippen LogP contribution in [0, 0.1) is 0 Å². The van der Waals surface area contributed by atoms with Gasteiger partial charge in [-0.15, -0.1) is 0 Å². The van der Waals surface area contributed by atoms with E-state index in [1.165, 1.54) is 54.6 Å². The SMILES string of the molecule is c1ccc(-c2cc(-c3ccc4c(c3)c3cc(-c5ccc6c(c5)c5ccccc5n6-c5ccccc5)ccc3n4-c3ccccc3)nc(-c3ccc4c(c3)c3cc(-c5ccc6c(c5)c5ccccc5n6-c5ccccc5)ccc3n4-c3ccccc3)n2)cc1. The fraction of sp³-hybridized carbons (Fsp3) is 0. The van der Waals surface area contributed by atoms with Gasteiger partial charge in [0.05, 0.1) is 55.5 Å². The van der Waals surface area contributed by atoms with Gasteiger partial charge in [0.15, 0.2) is 5.82 Å². The molecule has 0 amide bonds. The molecule has 0 N–H and O–H groups in total. The van der Waals surface area contributed by atoms with Gasteiger partial charge in [-0.1, -0.05) is 170 Å². The highest BCUT2D eigenvalue weighted by molar-refractivity contribution is 6.15. The zero-order chi connectivity index (χ0) is 57.8. The predicted octanol–water partition coefficient (Wildman–Crippen LogP) is 21.2. The lowest BCUT2D eigenvalue weighted by molar-refractivity contribution is 1.17. The van der Waals surface area contributed by atoms with E-state index in [0.717, 1.165) is 106 Å². The van der Waals surface area contributed by atoms with Crippen molar-refractivity contribution in [2.45, 2.75) is 0 Å². The second-order valence-corrected chi connectivity index (χ2v) is 22.9. The molecular formula is C82H52N6. The normalized spacial score (nSPS) is 11.9. The Morgan fingerprint density at radius 3 is 0.784 bits per heavy atom. The number of hydrogen-bond donors (Lipinski definition) is 0. The molecule has 0 aliphatic rings. The van der Waals surface area contributed by atoms with E-state index in [2.05, 4.69) is 334 Å². The number of rotatable bonds is 9. The second kappa shape index (κ2) is 19.9. The Hall–Kier alpha value is -11.9. The van der Waals surface area contributed by atoms with Crippen LogP contribution in [0.15, 0.2) is 315 Å². The van der Waals surface area contributed by atoms with Gasteiger partial charge in [0, 0.05) is 82.5 Å². The third-order valence-corrected chi connectivity index (χ3v) is 17.9. The maximum atomic E-state index is 5.56. The minimum absolute atomic E-state index is 0.661. The van der Waals surface area contributed by atoms with Crippen LogP contribution in [0.3, 0.4) is 0 Å². The summed E-state index contributed by atoms with van der Waals surface area (Å²) in [5.41, 5.74) is 23.1. The molecule has 0 saturated heterocycles. The summed E-state index contributed by atoms with van der Waals surface area (Å²) >= 11 is 0. The van der Waals surface area contributed by atoms with Crippen molar-refractivity contribution in [1.29, 1.82) is 0 Å². The smallest absolute Gasteiger partial charge is 0.160 e. The number of benzene rings is 13. The average molecular weight is 1120 g/mol. The van der Waals surface area contributed by atoms with Gasteiger partial charge in [0.25, 0.3) is 0 Å². The monoisotopic (exact) mass is 1120 g/mol. The van der Waals surface area contributed by atoms with E-state index in [-0.39, 0.29) is 0 Å². The summed E-state index contributed by atoms with van der Waals surface area (Å²) in [6.07, 6.45) is 0. The molecule has 0 atom stereocenters. The van der Waals surface area contributed by atoms with Crippen molar-refractivity contribution in [3.8, 4) is 78.9 Å². The molecule has 0 bridgehead atoms. The van der Waals surface area contributed by atoms with E-state index in [1.807, 2.05) is 0 Å². The molecule has 18 rings (SSSR count). The summed E-state index contributed by atoms with van der Waals surface area (Å²) in [7, 11) is 0. The molecule has 13 aromatic carbocycles. The number of fused-ring (bicyclic) bond motifs is 12. The lowest BCUT2D eigenvalue weighted by Gasteiger charge is -2.11. The maximum Gasteiger partial charge on any atom is 0.160 e. The van der Waals surface area contributed by atoms with Gasteiger partial charge in [-0.3, -0.25) is 0 Å². The van der Waals surface area contributed by atoms with Crippen LogP contribution in [0.25, 0.3) is 166 Å². The van der Waals surface area contributed by atoms with Gasteiger partial charge in [-0.2, -0.15) is 0 Å². The van der Waals surface area contributed by atoms with E-state index >= 15 is 0 Å².